The molecule has 1 aromatic carbocycles. The Morgan fingerprint density at radius 2 is 2.05 bits per heavy atom. The molecular formula is C15H21NO3. The molecule has 1 fully saturated rings. The molecule has 2 rings (SSSR count). The van der Waals surface area contributed by atoms with E-state index in [0.717, 1.165) is 24.2 Å². The van der Waals surface area contributed by atoms with Crippen LogP contribution in [0.4, 0.5) is 0 Å². The maximum absolute atomic E-state index is 11.4. The number of benzene rings is 1. The molecule has 104 valence electrons. The molecule has 1 aromatic rings. The van der Waals surface area contributed by atoms with Gasteiger partial charge in [-0.25, -0.2) is 0 Å². The fourth-order valence-corrected chi connectivity index (χ4v) is 2.44. The third-order valence-electron chi connectivity index (χ3n) is 3.51. The SMILES string of the molecule is COC(=O)C(N)Cc1ccccc1OC1CCCC1. The molecule has 1 aliphatic carbocycles. The molecule has 1 atom stereocenters. The molecule has 0 aromatic heterocycles. The third-order valence-corrected chi connectivity index (χ3v) is 3.51. The summed E-state index contributed by atoms with van der Waals surface area (Å²) in [7, 11) is 1.35. The standard InChI is InChI=1S/C15H21NO3/c1-18-15(17)13(16)10-11-6-2-5-9-14(11)19-12-7-3-4-8-12/h2,5-6,9,12-13H,3-4,7-8,10,16H2,1H3. The van der Waals surface area contributed by atoms with Crippen LogP contribution in [0.2, 0.25) is 0 Å². The summed E-state index contributed by atoms with van der Waals surface area (Å²) in [4.78, 5) is 11.4. The van der Waals surface area contributed by atoms with Crippen molar-refractivity contribution in [3.05, 3.63) is 29.8 Å². The van der Waals surface area contributed by atoms with E-state index in [2.05, 4.69) is 4.74 Å². The molecule has 0 amide bonds. The number of rotatable bonds is 5. The number of methoxy groups -OCH3 is 1. The molecule has 0 radical (unpaired) electrons. The van der Waals surface area contributed by atoms with Gasteiger partial charge in [0.05, 0.1) is 13.2 Å². The minimum Gasteiger partial charge on any atom is -0.490 e. The second-order valence-electron chi connectivity index (χ2n) is 4.97. The zero-order valence-corrected chi connectivity index (χ0v) is 11.3. The van der Waals surface area contributed by atoms with E-state index in [0.29, 0.717) is 12.5 Å². The van der Waals surface area contributed by atoms with Crippen molar-refractivity contribution in [3.8, 4) is 5.75 Å². The van der Waals surface area contributed by atoms with Crippen LogP contribution in [-0.4, -0.2) is 25.2 Å². The Hall–Kier alpha value is -1.55. The maximum atomic E-state index is 11.4. The first kappa shape index (κ1) is 13.9. The minimum absolute atomic E-state index is 0.301. The molecule has 1 unspecified atom stereocenters. The molecule has 0 saturated heterocycles. The first-order valence-electron chi connectivity index (χ1n) is 6.78. The Balaban J connectivity index is 2.04. The highest BCUT2D eigenvalue weighted by atomic mass is 16.5. The Labute approximate surface area is 113 Å². The van der Waals surface area contributed by atoms with E-state index in [1.54, 1.807) is 0 Å². The Morgan fingerprint density at radius 1 is 1.37 bits per heavy atom. The van der Waals surface area contributed by atoms with Crippen LogP contribution in [-0.2, 0) is 16.0 Å². The summed E-state index contributed by atoms with van der Waals surface area (Å²) in [5.41, 5.74) is 6.77. The molecule has 1 saturated carbocycles. The molecule has 19 heavy (non-hydrogen) atoms. The smallest absolute Gasteiger partial charge is 0.322 e. The number of ether oxygens (including phenoxy) is 2. The molecule has 0 bridgehead atoms. The average molecular weight is 263 g/mol. The summed E-state index contributed by atoms with van der Waals surface area (Å²) in [5.74, 6) is 0.449. The van der Waals surface area contributed by atoms with E-state index in [1.165, 1.54) is 20.0 Å². The first-order chi connectivity index (χ1) is 9.20. The van der Waals surface area contributed by atoms with E-state index in [9.17, 15) is 4.79 Å². The van der Waals surface area contributed by atoms with Gasteiger partial charge in [-0.1, -0.05) is 18.2 Å². The van der Waals surface area contributed by atoms with E-state index < -0.39 is 12.0 Å². The van der Waals surface area contributed by atoms with Crippen LogP contribution in [0.1, 0.15) is 31.2 Å². The van der Waals surface area contributed by atoms with E-state index >= 15 is 0 Å². The average Bonchev–Trinajstić information content (AvgIpc) is 2.93. The van der Waals surface area contributed by atoms with E-state index in [-0.39, 0.29) is 0 Å². The lowest BCUT2D eigenvalue weighted by atomic mass is 10.1. The molecule has 0 spiro atoms. The van der Waals surface area contributed by atoms with Gasteiger partial charge in [0.2, 0.25) is 0 Å². The van der Waals surface area contributed by atoms with Crippen molar-refractivity contribution in [1.82, 2.24) is 0 Å². The Bertz CT molecular complexity index is 427. The fraction of sp³-hybridized carbons (Fsp3) is 0.533. The molecule has 4 nitrogen and oxygen atoms in total. The monoisotopic (exact) mass is 263 g/mol. The van der Waals surface area contributed by atoms with Crippen LogP contribution in [0.15, 0.2) is 24.3 Å². The molecule has 4 heteroatoms. The van der Waals surface area contributed by atoms with Gasteiger partial charge in [-0.15, -0.1) is 0 Å². The molecule has 1 aliphatic rings. The lowest BCUT2D eigenvalue weighted by molar-refractivity contribution is -0.142. The van der Waals surface area contributed by atoms with Crippen molar-refractivity contribution in [2.45, 2.75) is 44.2 Å². The lowest BCUT2D eigenvalue weighted by Crippen LogP contribution is -2.33. The van der Waals surface area contributed by atoms with Gasteiger partial charge in [0.1, 0.15) is 11.8 Å². The third kappa shape index (κ3) is 3.70. The van der Waals surface area contributed by atoms with Crippen molar-refractivity contribution in [1.29, 1.82) is 0 Å². The van der Waals surface area contributed by atoms with Crippen molar-refractivity contribution >= 4 is 5.97 Å². The van der Waals surface area contributed by atoms with Gasteiger partial charge in [0.25, 0.3) is 0 Å². The van der Waals surface area contributed by atoms with Gasteiger partial charge in [0, 0.05) is 6.42 Å². The van der Waals surface area contributed by atoms with Crippen LogP contribution >= 0.6 is 0 Å². The summed E-state index contributed by atoms with van der Waals surface area (Å²) in [6.07, 6.45) is 5.42. The topological polar surface area (TPSA) is 61.5 Å². The predicted molar refractivity (Wildman–Crippen MR) is 73.0 cm³/mol. The number of esters is 1. The highest BCUT2D eigenvalue weighted by Crippen LogP contribution is 2.27. The number of hydrogen-bond acceptors (Lipinski definition) is 4. The number of para-hydroxylation sites is 1. The predicted octanol–water partition coefficient (Wildman–Crippen LogP) is 2.05. The van der Waals surface area contributed by atoms with Crippen LogP contribution in [0.25, 0.3) is 0 Å². The number of hydrogen-bond donors (Lipinski definition) is 1. The van der Waals surface area contributed by atoms with E-state index in [4.69, 9.17) is 10.5 Å². The van der Waals surface area contributed by atoms with Crippen LogP contribution in [0, 0.1) is 0 Å². The summed E-state index contributed by atoms with van der Waals surface area (Å²) < 4.78 is 10.7. The maximum Gasteiger partial charge on any atom is 0.322 e. The molecule has 0 aliphatic heterocycles. The fourth-order valence-electron chi connectivity index (χ4n) is 2.44. The molecule has 2 N–H and O–H groups in total. The Kier molecular flexibility index (Phi) is 4.80. The summed E-state index contributed by atoms with van der Waals surface area (Å²) in [6.45, 7) is 0. The molecular weight excluding hydrogens is 242 g/mol. The van der Waals surface area contributed by atoms with Crippen molar-refractivity contribution in [2.75, 3.05) is 7.11 Å². The van der Waals surface area contributed by atoms with Gasteiger partial charge in [-0.2, -0.15) is 0 Å². The largest absolute Gasteiger partial charge is 0.490 e. The molecule has 0 heterocycles. The second kappa shape index (κ2) is 6.57. The second-order valence-corrected chi connectivity index (χ2v) is 4.97. The summed E-state index contributed by atoms with van der Waals surface area (Å²) in [5, 5.41) is 0. The van der Waals surface area contributed by atoms with Crippen molar-refractivity contribution < 1.29 is 14.3 Å². The zero-order chi connectivity index (χ0) is 13.7. The number of carbonyl (C=O) groups excluding carboxylic acids is 1. The van der Waals surface area contributed by atoms with Gasteiger partial charge in [-0.3, -0.25) is 4.79 Å². The lowest BCUT2D eigenvalue weighted by Gasteiger charge is -2.17. The van der Waals surface area contributed by atoms with Crippen LogP contribution < -0.4 is 10.5 Å². The van der Waals surface area contributed by atoms with Crippen LogP contribution in [0.5, 0.6) is 5.75 Å². The minimum atomic E-state index is -0.640. The normalized spacial score (nSPS) is 17.2. The van der Waals surface area contributed by atoms with Crippen molar-refractivity contribution in [3.63, 3.8) is 0 Å². The number of nitrogens with two attached hydrogens (primary N) is 1. The van der Waals surface area contributed by atoms with Gasteiger partial charge in [0.15, 0.2) is 0 Å². The van der Waals surface area contributed by atoms with Crippen molar-refractivity contribution in [2.24, 2.45) is 5.73 Å². The van der Waals surface area contributed by atoms with E-state index in [1.807, 2.05) is 24.3 Å². The highest BCUT2D eigenvalue weighted by molar-refractivity contribution is 5.75. The van der Waals surface area contributed by atoms with Gasteiger partial charge >= 0.3 is 5.97 Å². The summed E-state index contributed by atoms with van der Waals surface area (Å²) >= 11 is 0. The van der Waals surface area contributed by atoms with Crippen LogP contribution in [0.3, 0.4) is 0 Å². The zero-order valence-electron chi connectivity index (χ0n) is 11.3. The quantitative estimate of drug-likeness (QED) is 0.826. The van der Waals surface area contributed by atoms with Gasteiger partial charge in [-0.05, 0) is 37.3 Å². The summed E-state index contributed by atoms with van der Waals surface area (Å²) in [6, 6.07) is 7.13. The highest BCUT2D eigenvalue weighted by Gasteiger charge is 2.20. The number of carbonyl (C=O) groups is 1. The first-order valence-corrected chi connectivity index (χ1v) is 6.78. The van der Waals surface area contributed by atoms with Gasteiger partial charge < -0.3 is 15.2 Å². The Morgan fingerprint density at radius 3 is 2.74 bits per heavy atom.